The van der Waals surface area contributed by atoms with Gasteiger partial charge in [-0.05, 0) is 50.2 Å². The van der Waals surface area contributed by atoms with Gasteiger partial charge in [0.2, 0.25) is 0 Å². The molecule has 3 heteroatoms. The first kappa shape index (κ1) is 11.1. The summed E-state index contributed by atoms with van der Waals surface area (Å²) >= 11 is 0. The molecule has 0 radical (unpaired) electrons. The molecular formula is C13H17N3. The lowest BCUT2D eigenvalue weighted by molar-refractivity contribution is 0.279. The molecule has 1 heterocycles. The van der Waals surface area contributed by atoms with E-state index < -0.39 is 0 Å². The number of rotatable bonds is 2. The van der Waals surface area contributed by atoms with Crippen molar-refractivity contribution in [2.24, 2.45) is 11.7 Å². The minimum atomic E-state index is 0.415. The molecule has 1 aliphatic rings. The molecule has 1 aliphatic heterocycles. The van der Waals surface area contributed by atoms with Gasteiger partial charge in [0.25, 0.3) is 0 Å². The van der Waals surface area contributed by atoms with E-state index in [9.17, 15) is 0 Å². The first-order chi connectivity index (χ1) is 7.76. The highest BCUT2D eigenvalue weighted by molar-refractivity contribution is 5.33. The number of hydrogen-bond acceptors (Lipinski definition) is 3. The topological polar surface area (TPSA) is 53.0 Å². The average Bonchev–Trinajstić information content (AvgIpc) is 2.70. The fourth-order valence-electron chi connectivity index (χ4n) is 2.55. The minimum absolute atomic E-state index is 0.415. The number of benzene rings is 1. The van der Waals surface area contributed by atoms with Crippen molar-refractivity contribution in [3.8, 4) is 6.07 Å². The molecule has 2 N–H and O–H groups in total. The normalized spacial score (nSPS) is 25.6. The number of nitrogens with zero attached hydrogens (tertiary/aromatic N) is 2. The van der Waals surface area contributed by atoms with Gasteiger partial charge in [-0.15, -0.1) is 0 Å². The first-order valence-electron chi connectivity index (χ1n) is 5.66. The molecule has 0 saturated carbocycles. The Labute approximate surface area is 96.5 Å². The summed E-state index contributed by atoms with van der Waals surface area (Å²) < 4.78 is 0. The summed E-state index contributed by atoms with van der Waals surface area (Å²) in [4.78, 5) is 2.35. The third-order valence-corrected chi connectivity index (χ3v) is 3.46. The van der Waals surface area contributed by atoms with Crippen molar-refractivity contribution in [1.29, 1.82) is 5.26 Å². The SMILES string of the molecule is CN1CCC(CN)C1c1ccc(C#N)cc1. The molecular weight excluding hydrogens is 198 g/mol. The highest BCUT2D eigenvalue weighted by Gasteiger charge is 2.31. The number of likely N-dealkylation sites (tertiary alicyclic amines) is 1. The van der Waals surface area contributed by atoms with E-state index >= 15 is 0 Å². The molecule has 1 fully saturated rings. The average molecular weight is 215 g/mol. The maximum atomic E-state index is 8.76. The van der Waals surface area contributed by atoms with Crippen LogP contribution in [0.2, 0.25) is 0 Å². The molecule has 1 aromatic carbocycles. The Morgan fingerprint density at radius 3 is 2.69 bits per heavy atom. The molecule has 1 saturated heterocycles. The zero-order valence-electron chi connectivity index (χ0n) is 9.56. The van der Waals surface area contributed by atoms with Gasteiger partial charge in [0, 0.05) is 6.04 Å². The van der Waals surface area contributed by atoms with Crippen molar-refractivity contribution in [3.63, 3.8) is 0 Å². The summed E-state index contributed by atoms with van der Waals surface area (Å²) in [6.07, 6.45) is 1.16. The second-order valence-corrected chi connectivity index (χ2v) is 4.44. The van der Waals surface area contributed by atoms with Gasteiger partial charge in [-0.3, -0.25) is 4.90 Å². The summed E-state index contributed by atoms with van der Waals surface area (Å²) in [5, 5.41) is 8.76. The third kappa shape index (κ3) is 1.95. The molecule has 2 atom stereocenters. The van der Waals surface area contributed by atoms with Gasteiger partial charge in [-0.2, -0.15) is 5.26 Å². The van der Waals surface area contributed by atoms with Gasteiger partial charge in [0.1, 0.15) is 0 Å². The van der Waals surface area contributed by atoms with Crippen LogP contribution in [-0.4, -0.2) is 25.0 Å². The lowest BCUT2D eigenvalue weighted by Crippen LogP contribution is -2.25. The van der Waals surface area contributed by atoms with Gasteiger partial charge in [0.15, 0.2) is 0 Å². The standard InChI is InChI=1S/C13H17N3/c1-16-7-6-12(9-15)13(16)11-4-2-10(8-14)3-5-11/h2-5,12-13H,6-7,9,15H2,1H3. The van der Waals surface area contributed by atoms with Crippen molar-refractivity contribution in [2.75, 3.05) is 20.1 Å². The minimum Gasteiger partial charge on any atom is -0.330 e. The monoisotopic (exact) mass is 215 g/mol. The predicted octanol–water partition coefficient (Wildman–Crippen LogP) is 1.51. The van der Waals surface area contributed by atoms with Crippen LogP contribution in [0.5, 0.6) is 0 Å². The molecule has 0 aromatic heterocycles. The van der Waals surface area contributed by atoms with E-state index in [1.54, 1.807) is 0 Å². The van der Waals surface area contributed by atoms with Crippen LogP contribution in [0.4, 0.5) is 0 Å². The highest BCUT2D eigenvalue weighted by Crippen LogP contribution is 2.35. The molecule has 0 amide bonds. The van der Waals surface area contributed by atoms with Crippen LogP contribution in [0, 0.1) is 17.2 Å². The summed E-state index contributed by atoms with van der Waals surface area (Å²) in [6.45, 7) is 1.83. The van der Waals surface area contributed by atoms with Crippen LogP contribution in [0.3, 0.4) is 0 Å². The van der Waals surface area contributed by atoms with E-state index in [2.05, 4.69) is 18.0 Å². The summed E-state index contributed by atoms with van der Waals surface area (Å²) in [5.41, 5.74) is 7.79. The van der Waals surface area contributed by atoms with Crippen LogP contribution < -0.4 is 5.73 Å². The first-order valence-corrected chi connectivity index (χ1v) is 5.66. The second kappa shape index (κ2) is 4.65. The Morgan fingerprint density at radius 1 is 1.44 bits per heavy atom. The van der Waals surface area contributed by atoms with Crippen molar-refractivity contribution < 1.29 is 0 Å². The van der Waals surface area contributed by atoms with Crippen molar-refractivity contribution in [1.82, 2.24) is 4.90 Å². The smallest absolute Gasteiger partial charge is 0.0991 e. The Balaban J connectivity index is 2.25. The quantitative estimate of drug-likeness (QED) is 0.813. The zero-order chi connectivity index (χ0) is 11.5. The fraction of sp³-hybridized carbons (Fsp3) is 0.462. The van der Waals surface area contributed by atoms with Gasteiger partial charge >= 0.3 is 0 Å². The van der Waals surface area contributed by atoms with Crippen molar-refractivity contribution in [2.45, 2.75) is 12.5 Å². The molecule has 2 rings (SSSR count). The van der Waals surface area contributed by atoms with Gasteiger partial charge in [-0.25, -0.2) is 0 Å². The largest absolute Gasteiger partial charge is 0.330 e. The molecule has 16 heavy (non-hydrogen) atoms. The van der Waals surface area contributed by atoms with E-state index in [0.29, 0.717) is 17.5 Å². The van der Waals surface area contributed by atoms with E-state index in [-0.39, 0.29) is 0 Å². The van der Waals surface area contributed by atoms with Crippen LogP contribution in [-0.2, 0) is 0 Å². The molecule has 0 aliphatic carbocycles. The number of hydrogen-bond donors (Lipinski definition) is 1. The Morgan fingerprint density at radius 2 is 2.12 bits per heavy atom. The van der Waals surface area contributed by atoms with Gasteiger partial charge in [0.05, 0.1) is 11.6 Å². The second-order valence-electron chi connectivity index (χ2n) is 4.44. The number of nitriles is 1. The summed E-state index contributed by atoms with van der Waals surface area (Å²) in [7, 11) is 2.14. The van der Waals surface area contributed by atoms with Gasteiger partial charge < -0.3 is 5.73 Å². The van der Waals surface area contributed by atoms with Crippen LogP contribution in [0.25, 0.3) is 0 Å². The molecule has 2 unspecified atom stereocenters. The zero-order valence-corrected chi connectivity index (χ0v) is 9.56. The molecule has 0 spiro atoms. The predicted molar refractivity (Wildman–Crippen MR) is 63.7 cm³/mol. The Hall–Kier alpha value is -1.37. The van der Waals surface area contributed by atoms with Crippen molar-refractivity contribution >= 4 is 0 Å². The molecule has 0 bridgehead atoms. The van der Waals surface area contributed by atoms with Crippen LogP contribution in [0.15, 0.2) is 24.3 Å². The third-order valence-electron chi connectivity index (χ3n) is 3.46. The lowest BCUT2D eigenvalue weighted by atomic mass is 9.93. The van der Waals surface area contributed by atoms with E-state index in [4.69, 9.17) is 11.0 Å². The molecule has 3 nitrogen and oxygen atoms in total. The van der Waals surface area contributed by atoms with Crippen LogP contribution >= 0.6 is 0 Å². The lowest BCUT2D eigenvalue weighted by Gasteiger charge is -2.24. The number of nitrogens with two attached hydrogens (primary N) is 1. The Bertz CT molecular complexity index is 391. The van der Waals surface area contributed by atoms with Gasteiger partial charge in [-0.1, -0.05) is 12.1 Å². The van der Waals surface area contributed by atoms with E-state index in [0.717, 1.165) is 19.5 Å². The van der Waals surface area contributed by atoms with E-state index in [1.165, 1.54) is 5.56 Å². The Kier molecular flexibility index (Phi) is 3.23. The maximum Gasteiger partial charge on any atom is 0.0991 e. The highest BCUT2D eigenvalue weighted by atomic mass is 15.2. The van der Waals surface area contributed by atoms with E-state index in [1.807, 2.05) is 24.3 Å². The molecule has 84 valence electrons. The fourth-order valence-corrected chi connectivity index (χ4v) is 2.55. The van der Waals surface area contributed by atoms with Crippen LogP contribution in [0.1, 0.15) is 23.6 Å². The summed E-state index contributed by atoms with van der Waals surface area (Å²) in [6, 6.07) is 10.4. The molecule has 1 aromatic rings. The van der Waals surface area contributed by atoms with Crippen molar-refractivity contribution in [3.05, 3.63) is 35.4 Å². The summed E-state index contributed by atoms with van der Waals surface area (Å²) in [5.74, 6) is 0.540. The maximum absolute atomic E-state index is 8.76.